The summed E-state index contributed by atoms with van der Waals surface area (Å²) in [6, 6.07) is 5.65. The molecule has 2 saturated heterocycles. The van der Waals surface area contributed by atoms with Crippen molar-refractivity contribution >= 4 is 11.9 Å². The Morgan fingerprint density at radius 1 is 1.26 bits per heavy atom. The van der Waals surface area contributed by atoms with Gasteiger partial charge in [-0.05, 0) is 50.3 Å². The largest absolute Gasteiger partial charge is 0.349 e. The second kappa shape index (κ2) is 8.69. The van der Waals surface area contributed by atoms with Crippen molar-refractivity contribution in [2.24, 2.45) is 5.41 Å². The van der Waals surface area contributed by atoms with E-state index in [0.29, 0.717) is 6.54 Å². The lowest BCUT2D eigenvalue weighted by atomic mass is 9.76. The number of hydrogen-bond acceptors (Lipinski definition) is 4. The quantitative estimate of drug-likeness (QED) is 0.822. The van der Waals surface area contributed by atoms with Gasteiger partial charge >= 0.3 is 6.03 Å². The van der Waals surface area contributed by atoms with Crippen molar-refractivity contribution in [1.82, 2.24) is 25.4 Å². The third kappa shape index (κ3) is 4.77. The van der Waals surface area contributed by atoms with Gasteiger partial charge in [0.2, 0.25) is 5.91 Å². The number of amides is 3. The molecule has 0 aliphatic carbocycles. The molecule has 2 N–H and O–H groups in total. The standard InChI is InChI=1S/C20H31N5O2/c1-3-9-22-19(27)25-11-7-20(8-12-25)13-17(24(2)15-20)18(26)23-14-16-6-4-5-10-21-16/h4-6,10,17H,3,7-9,11-15H2,1-2H3,(H,22,27)(H,23,26). The molecule has 1 aromatic rings. The molecule has 7 nitrogen and oxygen atoms in total. The molecular formula is C20H31N5O2. The Balaban J connectivity index is 1.50. The van der Waals surface area contributed by atoms with Crippen LogP contribution in [0.2, 0.25) is 0 Å². The van der Waals surface area contributed by atoms with E-state index in [9.17, 15) is 9.59 Å². The molecule has 27 heavy (non-hydrogen) atoms. The van der Waals surface area contributed by atoms with E-state index in [1.54, 1.807) is 6.20 Å². The summed E-state index contributed by atoms with van der Waals surface area (Å²) < 4.78 is 0. The van der Waals surface area contributed by atoms with Crippen molar-refractivity contribution in [3.8, 4) is 0 Å². The zero-order chi connectivity index (χ0) is 19.3. The molecule has 3 rings (SSSR count). The van der Waals surface area contributed by atoms with Crippen LogP contribution >= 0.6 is 0 Å². The number of carbonyl (C=O) groups excluding carboxylic acids is 2. The highest BCUT2D eigenvalue weighted by molar-refractivity contribution is 5.82. The number of carbonyl (C=O) groups is 2. The SMILES string of the molecule is CCCNC(=O)N1CCC2(CC1)CC(C(=O)NCc1ccccn1)N(C)C2. The van der Waals surface area contributed by atoms with E-state index in [1.165, 1.54) is 0 Å². The molecule has 7 heteroatoms. The first-order valence-electron chi connectivity index (χ1n) is 9.94. The number of aromatic nitrogens is 1. The average Bonchev–Trinajstić information content (AvgIpc) is 3.01. The lowest BCUT2D eigenvalue weighted by Crippen LogP contribution is -2.48. The van der Waals surface area contributed by atoms with Gasteiger partial charge in [0, 0.05) is 32.4 Å². The molecule has 2 fully saturated rings. The fourth-order valence-electron chi connectivity index (χ4n) is 4.25. The van der Waals surface area contributed by atoms with E-state index in [0.717, 1.165) is 57.6 Å². The summed E-state index contributed by atoms with van der Waals surface area (Å²) in [4.78, 5) is 33.2. The van der Waals surface area contributed by atoms with Crippen LogP contribution in [0.5, 0.6) is 0 Å². The summed E-state index contributed by atoms with van der Waals surface area (Å²) in [5.41, 5.74) is 1.01. The first kappa shape index (κ1) is 19.6. The van der Waals surface area contributed by atoms with Gasteiger partial charge in [0.05, 0.1) is 18.3 Å². The smallest absolute Gasteiger partial charge is 0.317 e. The van der Waals surface area contributed by atoms with Crippen LogP contribution in [-0.4, -0.2) is 66.0 Å². The highest BCUT2D eigenvalue weighted by atomic mass is 16.2. The van der Waals surface area contributed by atoms with Gasteiger partial charge in [0.1, 0.15) is 0 Å². The van der Waals surface area contributed by atoms with Gasteiger partial charge in [0.15, 0.2) is 0 Å². The molecule has 0 radical (unpaired) electrons. The Morgan fingerprint density at radius 3 is 2.70 bits per heavy atom. The summed E-state index contributed by atoms with van der Waals surface area (Å²) in [5.74, 6) is 0.0724. The van der Waals surface area contributed by atoms with Crippen molar-refractivity contribution in [3.05, 3.63) is 30.1 Å². The molecule has 0 aromatic carbocycles. The van der Waals surface area contributed by atoms with Crippen LogP contribution in [0.15, 0.2) is 24.4 Å². The lowest BCUT2D eigenvalue weighted by Gasteiger charge is -2.39. The number of likely N-dealkylation sites (tertiary alicyclic amines) is 2. The van der Waals surface area contributed by atoms with Crippen LogP contribution in [-0.2, 0) is 11.3 Å². The van der Waals surface area contributed by atoms with Crippen LogP contribution in [0.4, 0.5) is 4.79 Å². The maximum Gasteiger partial charge on any atom is 0.317 e. The Labute approximate surface area is 161 Å². The van der Waals surface area contributed by atoms with E-state index < -0.39 is 0 Å². The van der Waals surface area contributed by atoms with Gasteiger partial charge in [-0.25, -0.2) is 4.79 Å². The normalized spacial score (nSPS) is 22.0. The monoisotopic (exact) mass is 373 g/mol. The molecule has 3 heterocycles. The summed E-state index contributed by atoms with van der Waals surface area (Å²) in [6.45, 7) is 5.69. The zero-order valence-electron chi connectivity index (χ0n) is 16.4. The molecule has 1 spiro atoms. The third-order valence-electron chi connectivity index (χ3n) is 5.85. The highest BCUT2D eigenvalue weighted by Crippen LogP contribution is 2.42. The number of piperidine rings is 1. The average molecular weight is 374 g/mol. The molecule has 1 atom stereocenters. The van der Waals surface area contributed by atoms with E-state index in [2.05, 4.69) is 27.4 Å². The zero-order valence-corrected chi connectivity index (χ0v) is 16.4. The summed E-state index contributed by atoms with van der Waals surface area (Å²) >= 11 is 0. The lowest BCUT2D eigenvalue weighted by molar-refractivity contribution is -0.125. The van der Waals surface area contributed by atoms with E-state index in [1.807, 2.05) is 30.1 Å². The number of pyridine rings is 1. The van der Waals surface area contributed by atoms with Gasteiger partial charge in [-0.1, -0.05) is 13.0 Å². The Kier molecular flexibility index (Phi) is 6.31. The first-order valence-corrected chi connectivity index (χ1v) is 9.94. The van der Waals surface area contributed by atoms with Gasteiger partial charge in [-0.3, -0.25) is 14.7 Å². The maximum atomic E-state index is 12.7. The van der Waals surface area contributed by atoms with Crippen LogP contribution in [0, 0.1) is 5.41 Å². The summed E-state index contributed by atoms with van der Waals surface area (Å²) in [6.07, 6.45) is 5.47. The molecule has 2 aliphatic heterocycles. The van der Waals surface area contributed by atoms with Crippen LogP contribution in [0.1, 0.15) is 38.3 Å². The molecule has 148 valence electrons. The van der Waals surface area contributed by atoms with Crippen molar-refractivity contribution < 1.29 is 9.59 Å². The number of likely N-dealkylation sites (N-methyl/N-ethyl adjacent to an activating group) is 1. The van der Waals surface area contributed by atoms with Gasteiger partial charge < -0.3 is 15.5 Å². The molecule has 0 bridgehead atoms. The fraction of sp³-hybridized carbons (Fsp3) is 0.650. The molecular weight excluding hydrogens is 342 g/mol. The topological polar surface area (TPSA) is 77.6 Å². The van der Waals surface area contributed by atoms with Gasteiger partial charge in [-0.15, -0.1) is 0 Å². The summed E-state index contributed by atoms with van der Waals surface area (Å²) in [5, 5.41) is 5.98. The second-order valence-electron chi connectivity index (χ2n) is 7.89. The van der Waals surface area contributed by atoms with Gasteiger partial charge in [-0.2, -0.15) is 0 Å². The number of nitrogens with one attached hydrogen (secondary N) is 2. The van der Waals surface area contributed by atoms with Crippen LogP contribution in [0.3, 0.4) is 0 Å². The molecule has 1 aromatic heterocycles. The van der Waals surface area contributed by atoms with Crippen LogP contribution < -0.4 is 10.6 Å². The molecule has 3 amide bonds. The minimum Gasteiger partial charge on any atom is -0.349 e. The van der Waals surface area contributed by atoms with E-state index in [4.69, 9.17) is 0 Å². The number of hydrogen-bond donors (Lipinski definition) is 2. The second-order valence-corrected chi connectivity index (χ2v) is 7.89. The number of nitrogens with zero attached hydrogens (tertiary/aromatic N) is 3. The Bertz CT molecular complexity index is 643. The minimum atomic E-state index is -0.103. The van der Waals surface area contributed by atoms with E-state index >= 15 is 0 Å². The van der Waals surface area contributed by atoms with Crippen molar-refractivity contribution in [2.45, 2.75) is 45.2 Å². The minimum absolute atomic E-state index is 0.0442. The Morgan fingerprint density at radius 2 is 2.04 bits per heavy atom. The molecule has 0 saturated carbocycles. The highest BCUT2D eigenvalue weighted by Gasteiger charge is 2.46. The van der Waals surface area contributed by atoms with Crippen molar-refractivity contribution in [1.29, 1.82) is 0 Å². The fourth-order valence-corrected chi connectivity index (χ4v) is 4.25. The predicted octanol–water partition coefficient (Wildman–Crippen LogP) is 1.60. The maximum absolute atomic E-state index is 12.7. The van der Waals surface area contributed by atoms with Crippen molar-refractivity contribution in [3.63, 3.8) is 0 Å². The Hall–Kier alpha value is -2.15. The first-order chi connectivity index (χ1) is 13.0. The number of rotatable bonds is 5. The van der Waals surface area contributed by atoms with E-state index in [-0.39, 0.29) is 23.4 Å². The number of urea groups is 1. The van der Waals surface area contributed by atoms with Crippen molar-refractivity contribution in [2.75, 3.05) is 33.2 Å². The molecule has 1 unspecified atom stereocenters. The van der Waals surface area contributed by atoms with Gasteiger partial charge in [0.25, 0.3) is 0 Å². The molecule has 2 aliphatic rings. The third-order valence-corrected chi connectivity index (χ3v) is 5.85. The predicted molar refractivity (Wildman–Crippen MR) is 104 cm³/mol. The van der Waals surface area contributed by atoms with Crippen LogP contribution in [0.25, 0.3) is 0 Å². The summed E-state index contributed by atoms with van der Waals surface area (Å²) in [7, 11) is 2.03.